The number of hydrogen-bond donors (Lipinski definition) is 0. The fourth-order valence-electron chi connectivity index (χ4n) is 3.56. The van der Waals surface area contributed by atoms with Crippen LogP contribution in [0.1, 0.15) is 23.4 Å². The van der Waals surface area contributed by atoms with Gasteiger partial charge in [0.15, 0.2) is 5.76 Å². The molecule has 0 radical (unpaired) electrons. The van der Waals surface area contributed by atoms with Crippen molar-refractivity contribution in [1.82, 2.24) is 9.21 Å². The summed E-state index contributed by atoms with van der Waals surface area (Å²) >= 11 is 0. The monoisotopic (exact) mass is 403 g/mol. The van der Waals surface area contributed by atoms with Crippen molar-refractivity contribution in [3.8, 4) is 0 Å². The number of anilines is 1. The van der Waals surface area contributed by atoms with Gasteiger partial charge in [-0.1, -0.05) is 0 Å². The van der Waals surface area contributed by atoms with Crippen LogP contribution >= 0.6 is 0 Å². The van der Waals surface area contributed by atoms with Gasteiger partial charge in [-0.05, 0) is 42.8 Å². The highest BCUT2D eigenvalue weighted by molar-refractivity contribution is 7.89. The third-order valence-electron chi connectivity index (χ3n) is 5.12. The van der Waals surface area contributed by atoms with Crippen molar-refractivity contribution in [1.29, 1.82) is 0 Å². The Labute approximate surface area is 163 Å². The van der Waals surface area contributed by atoms with Gasteiger partial charge in [-0.15, -0.1) is 0 Å². The summed E-state index contributed by atoms with van der Waals surface area (Å²) in [6.07, 6.45) is 2.79. The molecule has 2 aliphatic rings. The molecule has 0 N–H and O–H groups in total. The first kappa shape index (κ1) is 18.7. The van der Waals surface area contributed by atoms with Crippen molar-refractivity contribution in [3.63, 3.8) is 0 Å². The SMILES string of the molecule is O=C(c1ccco1)N1CCN(S(=O)(=O)c2ccc(N3CCCC3=O)cc2)CC1. The smallest absolute Gasteiger partial charge is 0.289 e. The van der Waals surface area contributed by atoms with Gasteiger partial charge in [-0.3, -0.25) is 9.59 Å². The average molecular weight is 403 g/mol. The van der Waals surface area contributed by atoms with E-state index in [0.29, 0.717) is 26.1 Å². The third-order valence-corrected chi connectivity index (χ3v) is 7.03. The van der Waals surface area contributed by atoms with Crippen molar-refractivity contribution in [3.05, 3.63) is 48.4 Å². The second-order valence-corrected chi connectivity index (χ2v) is 8.75. The Morgan fingerprint density at radius 2 is 1.68 bits per heavy atom. The molecule has 0 unspecified atom stereocenters. The molecule has 2 aromatic rings. The first-order valence-electron chi connectivity index (χ1n) is 9.20. The van der Waals surface area contributed by atoms with Crippen LogP contribution in [0.4, 0.5) is 5.69 Å². The molecule has 28 heavy (non-hydrogen) atoms. The zero-order valence-corrected chi connectivity index (χ0v) is 16.1. The van der Waals surface area contributed by atoms with Crippen molar-refractivity contribution >= 4 is 27.5 Å². The molecule has 9 heteroatoms. The van der Waals surface area contributed by atoms with E-state index in [1.54, 1.807) is 34.1 Å². The van der Waals surface area contributed by atoms with E-state index in [1.807, 2.05) is 0 Å². The van der Waals surface area contributed by atoms with E-state index in [9.17, 15) is 18.0 Å². The Hall–Kier alpha value is -2.65. The Kier molecular flexibility index (Phi) is 4.94. The van der Waals surface area contributed by atoms with Gasteiger partial charge in [0.1, 0.15) is 0 Å². The summed E-state index contributed by atoms with van der Waals surface area (Å²) in [6, 6.07) is 9.66. The standard InChI is InChI=1S/C19H21N3O5S/c23-18-4-1-9-22(18)15-5-7-16(8-6-15)28(25,26)21-12-10-20(11-13-21)19(24)17-3-2-14-27-17/h2-3,5-8,14H,1,4,9-13H2. The molecule has 2 saturated heterocycles. The van der Waals surface area contributed by atoms with Crippen molar-refractivity contribution < 1.29 is 22.4 Å². The topological polar surface area (TPSA) is 91.1 Å². The number of benzene rings is 1. The molecule has 0 saturated carbocycles. The van der Waals surface area contributed by atoms with Gasteiger partial charge in [0.2, 0.25) is 15.9 Å². The molecule has 1 aromatic carbocycles. The summed E-state index contributed by atoms with van der Waals surface area (Å²) in [7, 11) is -3.65. The summed E-state index contributed by atoms with van der Waals surface area (Å²) in [5.74, 6) is 0.0815. The van der Waals surface area contributed by atoms with Gasteiger partial charge in [0.25, 0.3) is 5.91 Å². The molecular weight excluding hydrogens is 382 g/mol. The summed E-state index contributed by atoms with van der Waals surface area (Å²) in [4.78, 5) is 27.6. The van der Waals surface area contributed by atoms with Crippen LogP contribution in [0.3, 0.4) is 0 Å². The van der Waals surface area contributed by atoms with Crippen LogP contribution in [0.2, 0.25) is 0 Å². The fraction of sp³-hybridized carbons (Fsp3) is 0.368. The van der Waals surface area contributed by atoms with E-state index >= 15 is 0 Å². The number of rotatable bonds is 4. The van der Waals surface area contributed by atoms with E-state index in [2.05, 4.69) is 0 Å². The Bertz CT molecular complexity index is 962. The molecule has 0 aliphatic carbocycles. The minimum Gasteiger partial charge on any atom is -0.459 e. The van der Waals surface area contributed by atoms with Crippen LogP contribution in [0.15, 0.2) is 52.0 Å². The van der Waals surface area contributed by atoms with Gasteiger partial charge in [-0.25, -0.2) is 8.42 Å². The molecule has 0 spiro atoms. The second-order valence-electron chi connectivity index (χ2n) is 6.82. The molecule has 8 nitrogen and oxygen atoms in total. The van der Waals surface area contributed by atoms with Crippen LogP contribution in [0.5, 0.6) is 0 Å². The molecule has 2 fully saturated rings. The minimum atomic E-state index is -3.65. The second kappa shape index (κ2) is 7.40. The molecule has 2 aliphatic heterocycles. The normalized spacial score (nSPS) is 18.6. The van der Waals surface area contributed by atoms with Crippen LogP contribution in [-0.4, -0.2) is 62.2 Å². The zero-order chi connectivity index (χ0) is 19.7. The highest BCUT2D eigenvalue weighted by Gasteiger charge is 2.31. The molecule has 0 atom stereocenters. The fourth-order valence-corrected chi connectivity index (χ4v) is 4.98. The Balaban J connectivity index is 1.43. The van der Waals surface area contributed by atoms with Crippen LogP contribution in [0.25, 0.3) is 0 Å². The minimum absolute atomic E-state index is 0.0629. The van der Waals surface area contributed by atoms with Crippen LogP contribution in [0, 0.1) is 0 Å². The molecule has 2 amide bonds. The van der Waals surface area contributed by atoms with Gasteiger partial charge in [-0.2, -0.15) is 4.31 Å². The number of amides is 2. The maximum absolute atomic E-state index is 12.9. The zero-order valence-electron chi connectivity index (χ0n) is 15.3. The molecule has 0 bridgehead atoms. The summed E-state index contributed by atoms with van der Waals surface area (Å²) in [5, 5.41) is 0. The number of carbonyl (C=O) groups is 2. The lowest BCUT2D eigenvalue weighted by Crippen LogP contribution is -2.50. The van der Waals surface area contributed by atoms with E-state index in [-0.39, 0.29) is 35.6 Å². The number of furan rings is 1. The summed E-state index contributed by atoms with van der Waals surface area (Å²) < 4.78 is 32.3. The van der Waals surface area contributed by atoms with Crippen molar-refractivity contribution in [2.45, 2.75) is 17.7 Å². The number of sulfonamides is 1. The quantitative estimate of drug-likeness (QED) is 0.773. The first-order valence-corrected chi connectivity index (χ1v) is 10.6. The van der Waals surface area contributed by atoms with E-state index in [1.165, 1.54) is 22.7 Å². The van der Waals surface area contributed by atoms with Gasteiger partial charge < -0.3 is 14.2 Å². The maximum Gasteiger partial charge on any atom is 0.289 e. The van der Waals surface area contributed by atoms with Gasteiger partial charge >= 0.3 is 0 Å². The van der Waals surface area contributed by atoms with Crippen LogP contribution < -0.4 is 4.90 Å². The summed E-state index contributed by atoms with van der Waals surface area (Å²) in [6.45, 7) is 1.72. The lowest BCUT2D eigenvalue weighted by atomic mass is 10.3. The highest BCUT2D eigenvalue weighted by atomic mass is 32.2. The van der Waals surface area contributed by atoms with E-state index in [4.69, 9.17) is 4.42 Å². The molecule has 148 valence electrons. The Morgan fingerprint density at radius 1 is 0.964 bits per heavy atom. The average Bonchev–Trinajstić information content (AvgIpc) is 3.39. The third kappa shape index (κ3) is 3.43. The molecular formula is C19H21N3O5S. The van der Waals surface area contributed by atoms with Crippen LogP contribution in [-0.2, 0) is 14.8 Å². The predicted molar refractivity (Wildman–Crippen MR) is 101 cm³/mol. The number of carbonyl (C=O) groups excluding carboxylic acids is 2. The molecule has 1 aromatic heterocycles. The van der Waals surface area contributed by atoms with Crippen molar-refractivity contribution in [2.75, 3.05) is 37.6 Å². The number of hydrogen-bond acceptors (Lipinski definition) is 5. The Morgan fingerprint density at radius 3 is 2.25 bits per heavy atom. The first-order chi connectivity index (χ1) is 13.5. The molecule has 4 rings (SSSR count). The predicted octanol–water partition coefficient (Wildman–Crippen LogP) is 1.55. The number of nitrogens with zero attached hydrogens (tertiary/aromatic N) is 3. The lowest BCUT2D eigenvalue weighted by Gasteiger charge is -2.33. The summed E-state index contributed by atoms with van der Waals surface area (Å²) in [5.41, 5.74) is 0.718. The molecule has 3 heterocycles. The number of piperazine rings is 1. The van der Waals surface area contributed by atoms with E-state index in [0.717, 1.165) is 12.1 Å². The lowest BCUT2D eigenvalue weighted by molar-refractivity contribution is -0.117. The van der Waals surface area contributed by atoms with Gasteiger partial charge in [0, 0.05) is 44.8 Å². The van der Waals surface area contributed by atoms with E-state index < -0.39 is 10.0 Å². The maximum atomic E-state index is 12.9. The van der Waals surface area contributed by atoms with Gasteiger partial charge in [0.05, 0.1) is 11.2 Å². The van der Waals surface area contributed by atoms with Crippen molar-refractivity contribution in [2.24, 2.45) is 0 Å². The largest absolute Gasteiger partial charge is 0.459 e. The highest BCUT2D eigenvalue weighted by Crippen LogP contribution is 2.25.